The highest BCUT2D eigenvalue weighted by Crippen LogP contribution is 2.32. The van der Waals surface area contributed by atoms with Gasteiger partial charge in [0.25, 0.3) is 5.91 Å². The molecule has 0 fully saturated rings. The summed E-state index contributed by atoms with van der Waals surface area (Å²) in [6.45, 7) is 0.541. The molecule has 1 amide bonds. The van der Waals surface area contributed by atoms with Crippen LogP contribution in [0.25, 0.3) is 32.7 Å². The van der Waals surface area contributed by atoms with Crippen molar-refractivity contribution in [1.29, 1.82) is 0 Å². The third-order valence-corrected chi connectivity index (χ3v) is 4.66. The first-order valence-electron chi connectivity index (χ1n) is 8.43. The highest BCUT2D eigenvalue weighted by Gasteiger charge is 2.16. The molecule has 7 heteroatoms. The van der Waals surface area contributed by atoms with Gasteiger partial charge in [-0.3, -0.25) is 9.89 Å². The van der Waals surface area contributed by atoms with Crippen LogP contribution in [-0.2, 0) is 6.42 Å². The Morgan fingerprint density at radius 3 is 3.04 bits per heavy atom. The zero-order valence-electron chi connectivity index (χ0n) is 13.8. The molecule has 0 aliphatic heterocycles. The van der Waals surface area contributed by atoms with Gasteiger partial charge in [-0.2, -0.15) is 0 Å². The second kappa shape index (κ2) is 5.73. The Hall–Kier alpha value is -3.61. The lowest BCUT2D eigenvalue weighted by molar-refractivity contribution is 0.0956. The molecule has 2 aromatic carbocycles. The molecule has 0 bridgehead atoms. The highest BCUT2D eigenvalue weighted by molar-refractivity contribution is 6.21. The summed E-state index contributed by atoms with van der Waals surface area (Å²) in [5.74, 6) is -0.0949. The van der Waals surface area contributed by atoms with Crippen molar-refractivity contribution >= 4 is 38.6 Å². The molecule has 5 aromatic rings. The fourth-order valence-corrected chi connectivity index (χ4v) is 3.42. The van der Waals surface area contributed by atoms with Gasteiger partial charge in [0.15, 0.2) is 0 Å². The number of imidazole rings is 1. The molecule has 26 heavy (non-hydrogen) atoms. The quantitative estimate of drug-likeness (QED) is 0.403. The van der Waals surface area contributed by atoms with E-state index in [2.05, 4.69) is 25.5 Å². The van der Waals surface area contributed by atoms with E-state index >= 15 is 0 Å². The van der Waals surface area contributed by atoms with E-state index in [-0.39, 0.29) is 5.91 Å². The SMILES string of the molecule is O=C(NCCc1cnc[nH]1)c1cccc2nc3c(ccc4c[nH][nH]c43)c12. The molecule has 0 atom stereocenters. The maximum Gasteiger partial charge on any atom is 0.252 e. The smallest absolute Gasteiger partial charge is 0.252 e. The number of benzene rings is 2. The predicted octanol–water partition coefficient (Wildman–Crippen LogP) is 2.89. The maximum absolute atomic E-state index is 12.8. The normalized spacial score (nSPS) is 11.5. The number of carbonyl (C=O) groups is 1. The number of rotatable bonds is 4. The first-order valence-corrected chi connectivity index (χ1v) is 8.43. The van der Waals surface area contributed by atoms with Crippen LogP contribution in [-0.4, -0.2) is 37.6 Å². The minimum Gasteiger partial charge on any atom is -0.352 e. The second-order valence-electron chi connectivity index (χ2n) is 6.23. The molecule has 0 aliphatic carbocycles. The lowest BCUT2D eigenvalue weighted by Gasteiger charge is -2.06. The van der Waals surface area contributed by atoms with Gasteiger partial charge in [0.2, 0.25) is 0 Å². The van der Waals surface area contributed by atoms with Crippen molar-refractivity contribution in [1.82, 2.24) is 30.5 Å². The molecular weight excluding hydrogens is 328 g/mol. The standard InChI is InChI=1S/C19H16N6O/c26-19(21-7-6-12-9-20-10-22-12)14-2-1-3-15-16(14)13-5-4-11-8-23-25-17(11)18(13)24-15/h1-5,8-10,23,25H,6-7H2,(H,20,22)(H,21,26). The Labute approximate surface area is 147 Å². The number of fused-ring (bicyclic) bond motifs is 5. The monoisotopic (exact) mass is 344 g/mol. The molecule has 0 saturated carbocycles. The average Bonchev–Trinajstić information content (AvgIpc) is 3.39. The maximum atomic E-state index is 12.8. The molecule has 0 saturated heterocycles. The molecule has 3 aromatic heterocycles. The number of aromatic amines is 3. The first-order chi connectivity index (χ1) is 12.8. The lowest BCUT2D eigenvalue weighted by atomic mass is 10.0. The third kappa shape index (κ3) is 2.25. The Kier molecular flexibility index (Phi) is 3.24. The third-order valence-electron chi connectivity index (χ3n) is 4.66. The van der Waals surface area contributed by atoms with Crippen molar-refractivity contribution < 1.29 is 4.79 Å². The van der Waals surface area contributed by atoms with Crippen molar-refractivity contribution in [2.45, 2.75) is 6.42 Å². The molecule has 3 heterocycles. The van der Waals surface area contributed by atoms with Gasteiger partial charge in [-0.25, -0.2) is 9.97 Å². The minimum absolute atomic E-state index is 0.0949. The second-order valence-corrected chi connectivity index (χ2v) is 6.23. The number of nitrogens with zero attached hydrogens (tertiary/aromatic N) is 2. The van der Waals surface area contributed by atoms with Gasteiger partial charge in [-0.05, 0) is 12.1 Å². The summed E-state index contributed by atoms with van der Waals surface area (Å²) in [5.41, 5.74) is 4.28. The van der Waals surface area contributed by atoms with Crippen LogP contribution in [0.5, 0.6) is 0 Å². The number of nitrogens with one attached hydrogen (secondary N) is 4. The van der Waals surface area contributed by atoms with Crippen LogP contribution in [0.3, 0.4) is 0 Å². The summed E-state index contributed by atoms with van der Waals surface area (Å²) < 4.78 is 0. The van der Waals surface area contributed by atoms with E-state index in [0.717, 1.165) is 38.4 Å². The fraction of sp³-hybridized carbons (Fsp3) is 0.105. The highest BCUT2D eigenvalue weighted by atomic mass is 16.1. The molecule has 4 N–H and O–H groups in total. The summed E-state index contributed by atoms with van der Waals surface area (Å²) in [5, 5.41) is 12.0. The predicted molar refractivity (Wildman–Crippen MR) is 100 cm³/mol. The van der Waals surface area contributed by atoms with Gasteiger partial charge in [-0.1, -0.05) is 18.2 Å². The van der Waals surface area contributed by atoms with Gasteiger partial charge < -0.3 is 15.4 Å². The van der Waals surface area contributed by atoms with Crippen molar-refractivity contribution in [3.8, 4) is 0 Å². The Morgan fingerprint density at radius 1 is 1.19 bits per heavy atom. The molecule has 0 unspecified atom stereocenters. The van der Waals surface area contributed by atoms with Crippen molar-refractivity contribution in [3.05, 3.63) is 60.3 Å². The van der Waals surface area contributed by atoms with E-state index in [1.54, 1.807) is 12.5 Å². The molecule has 7 nitrogen and oxygen atoms in total. The van der Waals surface area contributed by atoms with E-state index < -0.39 is 0 Å². The van der Waals surface area contributed by atoms with Crippen LogP contribution in [0, 0.1) is 0 Å². The van der Waals surface area contributed by atoms with Gasteiger partial charge in [-0.15, -0.1) is 0 Å². The van der Waals surface area contributed by atoms with Gasteiger partial charge in [0.1, 0.15) is 0 Å². The lowest BCUT2D eigenvalue weighted by Crippen LogP contribution is -2.25. The molecular formula is C19H16N6O. The summed E-state index contributed by atoms with van der Waals surface area (Å²) in [6.07, 6.45) is 6.01. The van der Waals surface area contributed by atoms with Crippen LogP contribution in [0.15, 0.2) is 49.1 Å². The Bertz CT molecular complexity index is 1230. The first kappa shape index (κ1) is 14.7. The zero-order valence-corrected chi connectivity index (χ0v) is 13.8. The summed E-state index contributed by atoms with van der Waals surface area (Å²) >= 11 is 0. The van der Waals surface area contributed by atoms with E-state index in [0.29, 0.717) is 18.5 Å². The van der Waals surface area contributed by atoms with Crippen molar-refractivity contribution in [2.75, 3.05) is 6.54 Å². The van der Waals surface area contributed by atoms with E-state index in [9.17, 15) is 4.79 Å². The van der Waals surface area contributed by atoms with Crippen LogP contribution < -0.4 is 5.32 Å². The van der Waals surface area contributed by atoms with Crippen LogP contribution in [0.2, 0.25) is 0 Å². The number of amides is 1. The fourth-order valence-electron chi connectivity index (χ4n) is 3.42. The molecule has 0 spiro atoms. The zero-order chi connectivity index (χ0) is 17.5. The van der Waals surface area contributed by atoms with Gasteiger partial charge >= 0.3 is 0 Å². The van der Waals surface area contributed by atoms with E-state index in [1.165, 1.54) is 0 Å². The number of hydrogen-bond acceptors (Lipinski definition) is 3. The van der Waals surface area contributed by atoms with Crippen LogP contribution in [0.1, 0.15) is 16.1 Å². The summed E-state index contributed by atoms with van der Waals surface area (Å²) in [4.78, 5) is 24.5. The van der Waals surface area contributed by atoms with E-state index in [1.807, 2.05) is 36.5 Å². The van der Waals surface area contributed by atoms with E-state index in [4.69, 9.17) is 4.98 Å². The Balaban J connectivity index is 1.54. The average molecular weight is 344 g/mol. The largest absolute Gasteiger partial charge is 0.352 e. The minimum atomic E-state index is -0.0949. The molecule has 0 radical (unpaired) electrons. The topological polar surface area (TPSA) is 102 Å². The molecule has 5 rings (SSSR count). The van der Waals surface area contributed by atoms with Crippen molar-refractivity contribution in [2.24, 2.45) is 0 Å². The number of hydrogen-bond donors (Lipinski definition) is 4. The molecule has 128 valence electrons. The summed E-state index contributed by atoms with van der Waals surface area (Å²) in [6, 6.07) is 9.71. The summed E-state index contributed by atoms with van der Waals surface area (Å²) in [7, 11) is 0. The van der Waals surface area contributed by atoms with Gasteiger partial charge in [0, 0.05) is 52.8 Å². The number of H-pyrrole nitrogens is 3. The molecule has 0 aliphatic rings. The number of carbonyl (C=O) groups excluding carboxylic acids is 1. The van der Waals surface area contributed by atoms with Gasteiger partial charge in [0.05, 0.1) is 22.9 Å². The van der Waals surface area contributed by atoms with Crippen LogP contribution in [0.4, 0.5) is 0 Å². The van der Waals surface area contributed by atoms with Crippen molar-refractivity contribution in [3.63, 3.8) is 0 Å². The Morgan fingerprint density at radius 2 is 2.15 bits per heavy atom. The number of aromatic nitrogens is 5. The van der Waals surface area contributed by atoms with Crippen LogP contribution >= 0.6 is 0 Å².